The quantitative estimate of drug-likeness (QED) is 0.447. The smallest absolute Gasteiger partial charge is 0.251 e. The first-order chi connectivity index (χ1) is 14.5. The normalized spacial score (nSPS) is 14.7. The second-order valence-corrected chi connectivity index (χ2v) is 9.80. The topological polar surface area (TPSA) is 32.3 Å². The van der Waals surface area contributed by atoms with Crippen LogP contribution in [-0.4, -0.2) is 29.6 Å². The van der Waals surface area contributed by atoms with Gasteiger partial charge in [-0.05, 0) is 85.1 Å². The molecule has 0 radical (unpaired) electrons. The zero-order valence-electron chi connectivity index (χ0n) is 17.8. The van der Waals surface area contributed by atoms with Gasteiger partial charge in [-0.1, -0.05) is 43.5 Å². The lowest BCUT2D eigenvalue weighted by Crippen LogP contribution is -2.30. The molecule has 1 saturated heterocycles. The van der Waals surface area contributed by atoms with Crippen molar-refractivity contribution in [2.24, 2.45) is 0 Å². The Labute approximate surface area is 194 Å². The third-order valence-electron chi connectivity index (χ3n) is 5.52. The van der Waals surface area contributed by atoms with E-state index in [-0.39, 0.29) is 5.91 Å². The Morgan fingerprint density at radius 2 is 1.83 bits per heavy atom. The van der Waals surface area contributed by atoms with Gasteiger partial charge < -0.3 is 5.32 Å². The van der Waals surface area contributed by atoms with Crippen molar-refractivity contribution in [2.75, 3.05) is 18.8 Å². The Morgan fingerprint density at radius 1 is 1.07 bits per heavy atom. The summed E-state index contributed by atoms with van der Waals surface area (Å²) in [7, 11) is 0. The Morgan fingerprint density at radius 3 is 2.53 bits per heavy atom. The third kappa shape index (κ3) is 6.16. The monoisotopic (exact) mass is 464 g/mol. The SMILES string of the molecule is CCSc1ccc(Cl)cc1CNC(=O)c1cc(Cl)c(CN2CCCCC2)c(CC)c1. The van der Waals surface area contributed by atoms with Crippen LogP contribution >= 0.6 is 35.0 Å². The van der Waals surface area contributed by atoms with Gasteiger partial charge in [0.1, 0.15) is 0 Å². The van der Waals surface area contributed by atoms with Gasteiger partial charge in [-0.25, -0.2) is 0 Å². The second kappa shape index (κ2) is 11.4. The molecule has 1 heterocycles. The van der Waals surface area contributed by atoms with Gasteiger partial charge in [0.05, 0.1) is 0 Å². The molecular formula is C24H30Cl2N2OS. The van der Waals surface area contributed by atoms with E-state index in [1.165, 1.54) is 19.3 Å². The van der Waals surface area contributed by atoms with Crippen LogP contribution in [0.1, 0.15) is 60.2 Å². The fraction of sp³-hybridized carbons (Fsp3) is 0.458. The zero-order chi connectivity index (χ0) is 21.5. The van der Waals surface area contributed by atoms with Gasteiger partial charge in [0.25, 0.3) is 5.91 Å². The first kappa shape index (κ1) is 23.5. The van der Waals surface area contributed by atoms with Crippen LogP contribution in [0.3, 0.4) is 0 Å². The van der Waals surface area contributed by atoms with Crippen molar-refractivity contribution >= 4 is 40.9 Å². The van der Waals surface area contributed by atoms with Gasteiger partial charge in [0.15, 0.2) is 0 Å². The number of amides is 1. The Kier molecular flexibility index (Phi) is 8.94. The summed E-state index contributed by atoms with van der Waals surface area (Å²) in [5, 5.41) is 4.41. The number of likely N-dealkylation sites (tertiary alicyclic amines) is 1. The average molecular weight is 465 g/mol. The summed E-state index contributed by atoms with van der Waals surface area (Å²) in [4.78, 5) is 16.5. The molecule has 162 valence electrons. The summed E-state index contributed by atoms with van der Waals surface area (Å²) in [6.45, 7) is 7.79. The zero-order valence-corrected chi connectivity index (χ0v) is 20.1. The van der Waals surface area contributed by atoms with E-state index in [0.29, 0.717) is 22.2 Å². The average Bonchev–Trinajstić information content (AvgIpc) is 2.75. The van der Waals surface area contributed by atoms with Crippen molar-refractivity contribution in [3.8, 4) is 0 Å². The highest BCUT2D eigenvalue weighted by molar-refractivity contribution is 7.99. The molecule has 0 atom stereocenters. The maximum Gasteiger partial charge on any atom is 0.251 e. The van der Waals surface area contributed by atoms with Gasteiger partial charge >= 0.3 is 0 Å². The van der Waals surface area contributed by atoms with E-state index in [1.54, 1.807) is 11.8 Å². The highest BCUT2D eigenvalue weighted by atomic mass is 35.5. The van der Waals surface area contributed by atoms with Crippen molar-refractivity contribution in [2.45, 2.75) is 57.5 Å². The Balaban J connectivity index is 1.73. The fourth-order valence-corrected chi connectivity index (χ4v) is 5.20. The standard InChI is InChI=1S/C24H30Cl2N2OS/c1-3-17-12-18(14-22(26)21(17)16-28-10-6-5-7-11-28)24(29)27-15-19-13-20(25)8-9-23(19)30-4-2/h8-9,12-14H,3-7,10-11,15-16H2,1-2H3,(H,27,29). The lowest BCUT2D eigenvalue weighted by molar-refractivity contribution is 0.0950. The number of thioether (sulfide) groups is 1. The summed E-state index contributed by atoms with van der Waals surface area (Å²) in [5.74, 6) is 0.861. The maximum absolute atomic E-state index is 12.9. The number of benzene rings is 2. The number of aryl methyl sites for hydroxylation is 1. The minimum absolute atomic E-state index is 0.108. The summed E-state index contributed by atoms with van der Waals surface area (Å²) in [5.41, 5.74) is 3.97. The molecule has 1 amide bonds. The number of hydrogen-bond donors (Lipinski definition) is 1. The molecule has 0 bridgehead atoms. The molecule has 0 aromatic heterocycles. The number of nitrogens with one attached hydrogen (secondary N) is 1. The lowest BCUT2D eigenvalue weighted by Gasteiger charge is -2.28. The van der Waals surface area contributed by atoms with Crippen LogP contribution in [-0.2, 0) is 19.5 Å². The molecule has 0 saturated carbocycles. The van der Waals surface area contributed by atoms with Crippen molar-refractivity contribution in [1.29, 1.82) is 0 Å². The number of rotatable bonds is 8. The van der Waals surface area contributed by atoms with E-state index in [9.17, 15) is 4.79 Å². The molecule has 3 rings (SSSR count). The van der Waals surface area contributed by atoms with Crippen LogP contribution in [0, 0.1) is 0 Å². The van der Waals surface area contributed by atoms with E-state index in [2.05, 4.69) is 24.1 Å². The molecule has 1 aliphatic rings. The predicted octanol–water partition coefficient (Wildman–Crippen LogP) is 6.58. The number of halogens is 2. The van der Waals surface area contributed by atoms with Gasteiger partial charge in [-0.2, -0.15) is 0 Å². The highest BCUT2D eigenvalue weighted by Gasteiger charge is 2.17. The number of piperidine rings is 1. The third-order valence-corrected chi connectivity index (χ3v) is 7.09. The van der Waals surface area contributed by atoms with Gasteiger partial charge in [0.2, 0.25) is 0 Å². The second-order valence-electron chi connectivity index (χ2n) is 7.65. The Hall–Kier alpha value is -1.20. The van der Waals surface area contributed by atoms with Crippen LogP contribution in [0.5, 0.6) is 0 Å². The molecule has 2 aromatic carbocycles. The first-order valence-electron chi connectivity index (χ1n) is 10.7. The number of nitrogens with zero attached hydrogens (tertiary/aromatic N) is 1. The molecule has 30 heavy (non-hydrogen) atoms. The molecule has 3 nitrogen and oxygen atoms in total. The van der Waals surface area contributed by atoms with Crippen molar-refractivity contribution in [3.63, 3.8) is 0 Å². The van der Waals surface area contributed by atoms with Crippen LogP contribution in [0.2, 0.25) is 10.0 Å². The largest absolute Gasteiger partial charge is 0.348 e. The number of carbonyl (C=O) groups excluding carboxylic acids is 1. The first-order valence-corrected chi connectivity index (χ1v) is 12.5. The molecule has 1 fully saturated rings. The van der Waals surface area contributed by atoms with Crippen molar-refractivity contribution in [3.05, 3.63) is 62.6 Å². The molecule has 6 heteroatoms. The summed E-state index contributed by atoms with van der Waals surface area (Å²) in [6, 6.07) is 9.64. The lowest BCUT2D eigenvalue weighted by atomic mass is 9.99. The van der Waals surface area contributed by atoms with Gasteiger partial charge in [-0.15, -0.1) is 11.8 Å². The molecule has 1 aliphatic heterocycles. The molecule has 1 N–H and O–H groups in total. The minimum Gasteiger partial charge on any atom is -0.348 e. The summed E-state index contributed by atoms with van der Waals surface area (Å²) in [6.07, 6.45) is 4.67. The van der Waals surface area contributed by atoms with Crippen molar-refractivity contribution < 1.29 is 4.79 Å². The van der Waals surface area contributed by atoms with Crippen LogP contribution in [0.25, 0.3) is 0 Å². The van der Waals surface area contributed by atoms with E-state index in [0.717, 1.165) is 53.4 Å². The Bertz CT molecular complexity index is 882. The molecule has 2 aromatic rings. The fourth-order valence-electron chi connectivity index (χ4n) is 3.92. The van der Waals surface area contributed by atoms with E-state index in [1.807, 2.05) is 30.3 Å². The molecule has 0 spiro atoms. The van der Waals surface area contributed by atoms with E-state index in [4.69, 9.17) is 23.2 Å². The molecular weight excluding hydrogens is 435 g/mol. The van der Waals surface area contributed by atoms with Crippen LogP contribution < -0.4 is 5.32 Å². The highest BCUT2D eigenvalue weighted by Crippen LogP contribution is 2.28. The van der Waals surface area contributed by atoms with Gasteiger partial charge in [-0.3, -0.25) is 9.69 Å². The minimum atomic E-state index is -0.108. The number of hydrogen-bond acceptors (Lipinski definition) is 3. The number of carbonyl (C=O) groups is 1. The van der Waals surface area contributed by atoms with Crippen LogP contribution in [0.15, 0.2) is 35.2 Å². The predicted molar refractivity (Wildman–Crippen MR) is 129 cm³/mol. The molecule has 0 unspecified atom stereocenters. The summed E-state index contributed by atoms with van der Waals surface area (Å²) >= 11 is 14.6. The van der Waals surface area contributed by atoms with Crippen LogP contribution in [0.4, 0.5) is 0 Å². The molecule has 0 aliphatic carbocycles. The van der Waals surface area contributed by atoms with Gasteiger partial charge in [0, 0.05) is 33.6 Å². The van der Waals surface area contributed by atoms with Crippen molar-refractivity contribution in [1.82, 2.24) is 10.2 Å². The van der Waals surface area contributed by atoms with E-state index < -0.39 is 0 Å². The van der Waals surface area contributed by atoms with E-state index >= 15 is 0 Å². The maximum atomic E-state index is 12.9. The summed E-state index contributed by atoms with van der Waals surface area (Å²) < 4.78 is 0.